The quantitative estimate of drug-likeness (QED) is 0.846. The van der Waals surface area contributed by atoms with Crippen LogP contribution in [-0.4, -0.2) is 23.5 Å². The molecule has 2 aliphatic heterocycles. The van der Waals surface area contributed by atoms with Crippen LogP contribution in [0, 0.1) is 11.8 Å². The maximum Gasteiger partial charge on any atom is 0.229 e. The van der Waals surface area contributed by atoms with E-state index in [4.69, 9.17) is 4.74 Å². The number of fused-ring (bicyclic) bond motifs is 1. The van der Waals surface area contributed by atoms with Crippen LogP contribution in [0.4, 0.5) is 0 Å². The van der Waals surface area contributed by atoms with Crippen molar-refractivity contribution in [2.24, 2.45) is 11.8 Å². The number of benzene rings is 2. The first-order valence-corrected chi connectivity index (χ1v) is 9.18. The fourth-order valence-electron chi connectivity index (χ4n) is 4.34. The Morgan fingerprint density at radius 1 is 1.08 bits per heavy atom. The van der Waals surface area contributed by atoms with Crippen LogP contribution in [0.3, 0.4) is 0 Å². The van der Waals surface area contributed by atoms with Gasteiger partial charge in [0.25, 0.3) is 0 Å². The van der Waals surface area contributed by atoms with Gasteiger partial charge < -0.3 is 9.64 Å². The van der Waals surface area contributed by atoms with Crippen molar-refractivity contribution in [3.63, 3.8) is 0 Å². The smallest absolute Gasteiger partial charge is 0.229 e. The lowest BCUT2D eigenvalue weighted by Crippen LogP contribution is -2.45. The molecule has 4 rings (SSSR count). The molecular formula is C22H25NO2. The zero-order chi connectivity index (χ0) is 17.4. The van der Waals surface area contributed by atoms with Crippen LogP contribution in [-0.2, 0) is 21.7 Å². The summed E-state index contributed by atoms with van der Waals surface area (Å²) < 4.78 is 6.37. The molecular weight excluding hydrogens is 310 g/mol. The molecule has 0 aliphatic carbocycles. The molecule has 1 amide bonds. The van der Waals surface area contributed by atoms with Crippen LogP contribution < -0.4 is 0 Å². The fourth-order valence-corrected chi connectivity index (χ4v) is 4.34. The Balaban J connectivity index is 1.70. The Bertz CT molecular complexity index is 743. The summed E-state index contributed by atoms with van der Waals surface area (Å²) in [5.41, 5.74) is 1.72. The van der Waals surface area contributed by atoms with Gasteiger partial charge in [-0.25, -0.2) is 0 Å². The zero-order valence-electron chi connectivity index (χ0n) is 14.9. The second-order valence-electron chi connectivity index (χ2n) is 7.57. The number of carbonyl (C=O) groups excluding carboxylic acids is 1. The van der Waals surface area contributed by atoms with Crippen molar-refractivity contribution in [1.82, 2.24) is 4.90 Å². The normalized spacial score (nSPS) is 28.6. The van der Waals surface area contributed by atoms with Gasteiger partial charge in [-0.05, 0) is 17.9 Å². The molecule has 3 nitrogen and oxygen atoms in total. The van der Waals surface area contributed by atoms with E-state index in [1.807, 2.05) is 36.4 Å². The van der Waals surface area contributed by atoms with Crippen molar-refractivity contribution in [3.8, 4) is 0 Å². The second kappa shape index (κ2) is 6.30. The molecule has 3 atom stereocenters. The molecule has 0 unspecified atom stereocenters. The third kappa shape index (κ3) is 2.67. The molecule has 0 spiro atoms. The van der Waals surface area contributed by atoms with E-state index in [1.165, 1.54) is 5.56 Å². The molecule has 2 aromatic rings. The van der Waals surface area contributed by atoms with Gasteiger partial charge in [-0.2, -0.15) is 0 Å². The molecule has 2 fully saturated rings. The van der Waals surface area contributed by atoms with Crippen molar-refractivity contribution < 1.29 is 9.53 Å². The molecule has 0 aromatic heterocycles. The van der Waals surface area contributed by atoms with E-state index in [0.29, 0.717) is 12.5 Å². The van der Waals surface area contributed by atoms with Gasteiger partial charge >= 0.3 is 0 Å². The number of nitrogens with zero attached hydrogens (tertiary/aromatic N) is 1. The van der Waals surface area contributed by atoms with Crippen molar-refractivity contribution in [2.45, 2.75) is 38.5 Å². The summed E-state index contributed by atoms with van der Waals surface area (Å²) >= 11 is 0. The van der Waals surface area contributed by atoms with Gasteiger partial charge in [0, 0.05) is 17.9 Å². The highest BCUT2D eigenvalue weighted by atomic mass is 16.5. The van der Waals surface area contributed by atoms with Crippen molar-refractivity contribution >= 4 is 5.91 Å². The lowest BCUT2D eigenvalue weighted by molar-refractivity contribution is -0.141. The number of amides is 1. The van der Waals surface area contributed by atoms with E-state index < -0.39 is 5.72 Å². The fraction of sp³-hybridized carbons (Fsp3) is 0.409. The summed E-state index contributed by atoms with van der Waals surface area (Å²) in [6, 6.07) is 20.7. The molecule has 25 heavy (non-hydrogen) atoms. The Labute approximate surface area is 149 Å². The lowest BCUT2D eigenvalue weighted by atomic mass is 9.91. The third-order valence-electron chi connectivity index (χ3n) is 5.64. The average molecular weight is 335 g/mol. The van der Waals surface area contributed by atoms with Gasteiger partial charge in [-0.15, -0.1) is 0 Å². The first-order valence-electron chi connectivity index (χ1n) is 9.18. The molecule has 0 N–H and O–H groups in total. The van der Waals surface area contributed by atoms with Gasteiger partial charge in [-0.3, -0.25) is 4.79 Å². The van der Waals surface area contributed by atoms with Crippen LogP contribution in [0.25, 0.3) is 0 Å². The second-order valence-corrected chi connectivity index (χ2v) is 7.57. The van der Waals surface area contributed by atoms with E-state index in [0.717, 1.165) is 18.4 Å². The van der Waals surface area contributed by atoms with Crippen molar-refractivity contribution in [3.05, 3.63) is 71.8 Å². The van der Waals surface area contributed by atoms with Crippen LogP contribution >= 0.6 is 0 Å². The molecule has 2 aliphatic rings. The maximum absolute atomic E-state index is 13.3. The Hall–Kier alpha value is -2.13. The zero-order valence-corrected chi connectivity index (χ0v) is 14.9. The Morgan fingerprint density at radius 3 is 2.36 bits per heavy atom. The standard InChI is InChI=1S/C22H25NO2/c1-16(2)20-15-25-22(19-11-7-4-8-12-19)14-18(21(24)23(20)22)13-17-9-5-3-6-10-17/h3-12,16,18,20H,13-15H2,1-2H3/t18-,20-,22+/m1/s1. The van der Waals surface area contributed by atoms with Gasteiger partial charge in [0.05, 0.1) is 12.6 Å². The van der Waals surface area contributed by atoms with Crippen molar-refractivity contribution in [1.29, 1.82) is 0 Å². The molecule has 2 aromatic carbocycles. The van der Waals surface area contributed by atoms with Gasteiger partial charge in [0.15, 0.2) is 5.72 Å². The molecule has 3 heteroatoms. The summed E-state index contributed by atoms with van der Waals surface area (Å²) in [5.74, 6) is 0.595. The van der Waals surface area contributed by atoms with E-state index in [1.54, 1.807) is 0 Å². The monoisotopic (exact) mass is 335 g/mol. The van der Waals surface area contributed by atoms with Crippen LogP contribution in [0.1, 0.15) is 31.4 Å². The highest BCUT2D eigenvalue weighted by Gasteiger charge is 2.59. The minimum atomic E-state index is -0.591. The minimum absolute atomic E-state index is 0.0239. The molecule has 0 radical (unpaired) electrons. The predicted molar refractivity (Wildman–Crippen MR) is 97.8 cm³/mol. The first-order chi connectivity index (χ1) is 12.1. The van der Waals surface area contributed by atoms with E-state index in [2.05, 4.69) is 43.0 Å². The molecule has 130 valence electrons. The molecule has 2 heterocycles. The molecule has 0 bridgehead atoms. The van der Waals surface area contributed by atoms with Gasteiger partial charge in [-0.1, -0.05) is 74.5 Å². The number of hydrogen-bond donors (Lipinski definition) is 0. The summed E-state index contributed by atoms with van der Waals surface area (Å²) in [6.45, 7) is 4.97. The number of rotatable bonds is 4. The SMILES string of the molecule is CC(C)[C@H]1CO[C@]2(c3ccccc3)C[C@@H](Cc3ccccc3)C(=O)N12. The summed E-state index contributed by atoms with van der Waals surface area (Å²) in [7, 11) is 0. The van der Waals surface area contributed by atoms with E-state index in [9.17, 15) is 4.79 Å². The predicted octanol–water partition coefficient (Wildman–Crippen LogP) is 3.99. The van der Waals surface area contributed by atoms with Gasteiger partial charge in [0.2, 0.25) is 5.91 Å². The highest BCUT2D eigenvalue weighted by molar-refractivity contribution is 5.83. The number of hydrogen-bond acceptors (Lipinski definition) is 2. The van der Waals surface area contributed by atoms with Crippen LogP contribution in [0.15, 0.2) is 60.7 Å². The van der Waals surface area contributed by atoms with E-state index >= 15 is 0 Å². The Morgan fingerprint density at radius 2 is 1.72 bits per heavy atom. The number of carbonyl (C=O) groups is 1. The third-order valence-corrected chi connectivity index (χ3v) is 5.64. The average Bonchev–Trinajstić information content (AvgIpc) is 3.14. The molecule has 0 saturated carbocycles. The topological polar surface area (TPSA) is 29.5 Å². The summed E-state index contributed by atoms with van der Waals surface area (Å²) in [6.07, 6.45) is 1.51. The highest BCUT2D eigenvalue weighted by Crippen LogP contribution is 2.50. The maximum atomic E-state index is 13.3. The summed E-state index contributed by atoms with van der Waals surface area (Å²) in [5, 5.41) is 0. The molecule has 2 saturated heterocycles. The lowest BCUT2D eigenvalue weighted by Gasteiger charge is -2.34. The summed E-state index contributed by atoms with van der Waals surface area (Å²) in [4.78, 5) is 15.4. The number of ether oxygens (including phenoxy) is 1. The van der Waals surface area contributed by atoms with E-state index in [-0.39, 0.29) is 17.9 Å². The Kier molecular flexibility index (Phi) is 4.12. The van der Waals surface area contributed by atoms with Gasteiger partial charge in [0.1, 0.15) is 0 Å². The van der Waals surface area contributed by atoms with Crippen LogP contribution in [0.5, 0.6) is 0 Å². The van der Waals surface area contributed by atoms with Crippen molar-refractivity contribution in [2.75, 3.05) is 6.61 Å². The largest absolute Gasteiger partial charge is 0.349 e. The van der Waals surface area contributed by atoms with Crippen LogP contribution in [0.2, 0.25) is 0 Å². The minimum Gasteiger partial charge on any atom is -0.349 e. The first kappa shape index (κ1) is 16.3.